The maximum absolute atomic E-state index is 12.6. The van der Waals surface area contributed by atoms with Gasteiger partial charge in [0, 0.05) is 5.69 Å². The van der Waals surface area contributed by atoms with Crippen LogP contribution < -0.4 is 5.32 Å². The predicted molar refractivity (Wildman–Crippen MR) is 75.7 cm³/mol. The van der Waals surface area contributed by atoms with Crippen molar-refractivity contribution < 1.29 is 18.0 Å². The first-order valence-corrected chi connectivity index (χ1v) is 6.61. The summed E-state index contributed by atoms with van der Waals surface area (Å²) in [5.41, 5.74) is 1.53. The topological polar surface area (TPSA) is 29.1 Å². The fraction of sp³-hybridized carbons (Fsp3) is 0.312. The molecule has 0 bridgehead atoms. The van der Waals surface area contributed by atoms with E-state index in [1.165, 1.54) is 12.1 Å². The van der Waals surface area contributed by atoms with E-state index in [0.717, 1.165) is 23.3 Å². The van der Waals surface area contributed by atoms with Gasteiger partial charge in [0.15, 0.2) is 0 Å². The minimum absolute atomic E-state index is 0.159. The molecule has 2 nitrogen and oxygen atoms in total. The monoisotopic (exact) mass is 295 g/mol. The maximum Gasteiger partial charge on any atom is 0.416 e. The highest BCUT2D eigenvalue weighted by molar-refractivity contribution is 5.94. The molecule has 0 heterocycles. The van der Waals surface area contributed by atoms with Gasteiger partial charge in [-0.2, -0.15) is 13.2 Å². The largest absolute Gasteiger partial charge is 0.416 e. The first kappa shape index (κ1) is 15.4. The average molecular weight is 295 g/mol. The lowest BCUT2D eigenvalue weighted by Crippen LogP contribution is -2.22. The molecule has 1 aliphatic carbocycles. The van der Waals surface area contributed by atoms with Crippen LogP contribution in [-0.2, 0) is 11.0 Å². The second kappa shape index (κ2) is 5.76. The molecule has 2 rings (SSSR count). The first-order chi connectivity index (χ1) is 9.77. The standard InChI is InChI=1S/C16H16F3NO/c1-10-6-7-12(8-11(10)2)15(21)20-14-5-3-4-13(9-14)16(17,18)19/h3-6,8-9,12H,7H2,1-2H3,(H,20,21). The van der Waals surface area contributed by atoms with Gasteiger partial charge in [-0.3, -0.25) is 4.79 Å². The molecule has 5 heteroatoms. The Morgan fingerprint density at radius 3 is 2.57 bits per heavy atom. The summed E-state index contributed by atoms with van der Waals surface area (Å²) in [7, 11) is 0. The number of hydrogen-bond acceptors (Lipinski definition) is 1. The van der Waals surface area contributed by atoms with E-state index < -0.39 is 11.7 Å². The number of rotatable bonds is 2. The molecule has 0 fully saturated rings. The number of amides is 1. The number of anilines is 1. The Morgan fingerprint density at radius 2 is 1.95 bits per heavy atom. The number of halogens is 3. The predicted octanol–water partition coefficient (Wildman–Crippen LogP) is 4.56. The van der Waals surface area contributed by atoms with Crippen LogP contribution in [0, 0.1) is 5.92 Å². The summed E-state index contributed by atoms with van der Waals surface area (Å²) in [4.78, 5) is 12.1. The van der Waals surface area contributed by atoms with E-state index in [9.17, 15) is 18.0 Å². The number of alkyl halides is 3. The molecule has 1 atom stereocenters. The molecule has 1 amide bonds. The van der Waals surface area contributed by atoms with Crippen molar-refractivity contribution in [3.8, 4) is 0 Å². The molecule has 1 aromatic carbocycles. The highest BCUT2D eigenvalue weighted by Crippen LogP contribution is 2.31. The number of allylic oxidation sites excluding steroid dienone is 3. The Bertz CT molecular complexity index is 614. The van der Waals surface area contributed by atoms with E-state index in [2.05, 4.69) is 5.32 Å². The maximum atomic E-state index is 12.6. The van der Waals surface area contributed by atoms with Crippen LogP contribution in [0.5, 0.6) is 0 Å². The molecule has 0 saturated heterocycles. The van der Waals surface area contributed by atoms with Gasteiger partial charge in [-0.1, -0.05) is 29.4 Å². The van der Waals surface area contributed by atoms with Crippen LogP contribution in [0.2, 0.25) is 0 Å². The molecule has 0 saturated carbocycles. The molecule has 1 aromatic rings. The van der Waals surface area contributed by atoms with Gasteiger partial charge in [0.2, 0.25) is 5.91 Å². The molecule has 1 unspecified atom stereocenters. The summed E-state index contributed by atoms with van der Waals surface area (Å²) < 4.78 is 37.9. The van der Waals surface area contributed by atoms with Crippen LogP contribution in [0.3, 0.4) is 0 Å². The summed E-state index contributed by atoms with van der Waals surface area (Å²) in [5.74, 6) is -0.638. The van der Waals surface area contributed by atoms with Crippen LogP contribution in [0.15, 0.2) is 47.6 Å². The normalized spacial score (nSPS) is 18.8. The van der Waals surface area contributed by atoms with Gasteiger partial charge in [-0.15, -0.1) is 0 Å². The minimum Gasteiger partial charge on any atom is -0.326 e. The molecular weight excluding hydrogens is 279 g/mol. The smallest absolute Gasteiger partial charge is 0.326 e. The zero-order valence-electron chi connectivity index (χ0n) is 11.8. The fourth-order valence-corrected chi connectivity index (χ4v) is 2.16. The SMILES string of the molecule is CC1=CCC(C(=O)Nc2cccc(C(F)(F)F)c2)C=C1C. The lowest BCUT2D eigenvalue weighted by Gasteiger charge is -2.18. The molecular formula is C16H16F3NO. The van der Waals surface area contributed by atoms with E-state index in [1.807, 2.05) is 26.0 Å². The number of carbonyl (C=O) groups excluding carboxylic acids is 1. The van der Waals surface area contributed by atoms with Gasteiger partial charge in [0.1, 0.15) is 0 Å². The van der Waals surface area contributed by atoms with E-state index in [0.29, 0.717) is 6.42 Å². The van der Waals surface area contributed by atoms with E-state index in [4.69, 9.17) is 0 Å². The third kappa shape index (κ3) is 3.74. The summed E-state index contributed by atoms with van der Waals surface area (Å²) in [6.45, 7) is 3.88. The Hall–Kier alpha value is -2.04. The first-order valence-electron chi connectivity index (χ1n) is 6.61. The summed E-state index contributed by atoms with van der Waals surface area (Å²) in [5, 5.41) is 2.55. The van der Waals surface area contributed by atoms with Gasteiger partial charge < -0.3 is 5.32 Å². The lowest BCUT2D eigenvalue weighted by molar-refractivity contribution is -0.137. The second-order valence-electron chi connectivity index (χ2n) is 5.15. The van der Waals surface area contributed by atoms with E-state index in [-0.39, 0.29) is 17.5 Å². The van der Waals surface area contributed by atoms with Crippen molar-refractivity contribution in [2.24, 2.45) is 5.92 Å². The fourth-order valence-electron chi connectivity index (χ4n) is 2.16. The Balaban J connectivity index is 2.11. The van der Waals surface area contributed by atoms with E-state index in [1.54, 1.807) is 0 Å². The van der Waals surface area contributed by atoms with Crippen molar-refractivity contribution in [2.75, 3.05) is 5.32 Å². The van der Waals surface area contributed by atoms with Crippen molar-refractivity contribution in [1.29, 1.82) is 0 Å². The molecule has 1 N–H and O–H groups in total. The van der Waals surface area contributed by atoms with Gasteiger partial charge in [0.05, 0.1) is 11.5 Å². The van der Waals surface area contributed by atoms with Crippen molar-refractivity contribution in [3.05, 3.63) is 53.1 Å². The van der Waals surface area contributed by atoms with Crippen LogP contribution >= 0.6 is 0 Å². The average Bonchev–Trinajstić information content (AvgIpc) is 2.41. The van der Waals surface area contributed by atoms with Crippen molar-refractivity contribution in [3.63, 3.8) is 0 Å². The molecule has 0 spiro atoms. The Morgan fingerprint density at radius 1 is 1.24 bits per heavy atom. The molecule has 21 heavy (non-hydrogen) atoms. The molecule has 0 aliphatic heterocycles. The Labute approximate surface area is 121 Å². The highest BCUT2D eigenvalue weighted by atomic mass is 19.4. The lowest BCUT2D eigenvalue weighted by atomic mass is 9.91. The molecule has 112 valence electrons. The number of carbonyl (C=O) groups is 1. The number of benzene rings is 1. The van der Waals surface area contributed by atoms with Crippen LogP contribution in [0.4, 0.5) is 18.9 Å². The van der Waals surface area contributed by atoms with Crippen LogP contribution in [0.1, 0.15) is 25.8 Å². The highest BCUT2D eigenvalue weighted by Gasteiger charge is 2.30. The quantitative estimate of drug-likeness (QED) is 0.851. The second-order valence-corrected chi connectivity index (χ2v) is 5.15. The zero-order chi connectivity index (χ0) is 15.6. The molecule has 0 radical (unpaired) electrons. The third-order valence-corrected chi connectivity index (χ3v) is 3.55. The Kier molecular flexibility index (Phi) is 4.21. The third-order valence-electron chi connectivity index (χ3n) is 3.55. The molecule has 1 aliphatic rings. The van der Waals surface area contributed by atoms with Crippen molar-refractivity contribution in [1.82, 2.24) is 0 Å². The summed E-state index contributed by atoms with van der Waals surface area (Å²) in [6, 6.07) is 4.66. The summed E-state index contributed by atoms with van der Waals surface area (Å²) >= 11 is 0. The van der Waals surface area contributed by atoms with Gasteiger partial charge in [-0.25, -0.2) is 0 Å². The minimum atomic E-state index is -4.41. The van der Waals surface area contributed by atoms with Gasteiger partial charge in [0.25, 0.3) is 0 Å². The van der Waals surface area contributed by atoms with Crippen LogP contribution in [0.25, 0.3) is 0 Å². The van der Waals surface area contributed by atoms with Gasteiger partial charge >= 0.3 is 6.18 Å². The number of hydrogen-bond donors (Lipinski definition) is 1. The van der Waals surface area contributed by atoms with E-state index >= 15 is 0 Å². The van der Waals surface area contributed by atoms with Crippen molar-refractivity contribution >= 4 is 11.6 Å². The summed E-state index contributed by atoms with van der Waals surface area (Å²) in [6.07, 6.45) is -0.0418. The zero-order valence-corrected chi connectivity index (χ0v) is 11.8. The number of nitrogens with one attached hydrogen (secondary N) is 1. The van der Waals surface area contributed by atoms with Gasteiger partial charge in [-0.05, 0) is 38.5 Å². The van der Waals surface area contributed by atoms with Crippen molar-refractivity contribution in [2.45, 2.75) is 26.4 Å². The van der Waals surface area contributed by atoms with Crippen LogP contribution in [-0.4, -0.2) is 5.91 Å². The molecule has 0 aromatic heterocycles.